The molecule has 23 heavy (non-hydrogen) atoms. The molecule has 0 spiro atoms. The number of hydrogen-bond acceptors (Lipinski definition) is 5. The average Bonchev–Trinajstić information content (AvgIpc) is 3.11. The largest absolute Gasteiger partial charge is 0.365 e. The number of primary amides is 1. The number of fused-ring (bicyclic) bond motifs is 2. The van der Waals surface area contributed by atoms with Gasteiger partial charge >= 0.3 is 0 Å². The molecule has 0 aliphatic heterocycles. The van der Waals surface area contributed by atoms with Gasteiger partial charge in [0.1, 0.15) is 5.56 Å². The highest BCUT2D eigenvalue weighted by Gasteiger charge is 2.14. The molecular formula is C15H11N5O3. The van der Waals surface area contributed by atoms with Crippen molar-refractivity contribution < 1.29 is 9.32 Å². The SMILES string of the molecule is Cc1noc2ccc(-c3cc(=O)n4ncc(C(N)=O)c4[nH]3)cc12. The van der Waals surface area contributed by atoms with Gasteiger partial charge in [0, 0.05) is 11.5 Å². The van der Waals surface area contributed by atoms with Crippen LogP contribution in [-0.4, -0.2) is 25.7 Å². The summed E-state index contributed by atoms with van der Waals surface area (Å²) in [6.45, 7) is 1.84. The number of amides is 1. The second-order valence-electron chi connectivity index (χ2n) is 5.18. The monoisotopic (exact) mass is 309 g/mol. The number of carbonyl (C=O) groups is 1. The molecular weight excluding hydrogens is 298 g/mol. The molecule has 0 fully saturated rings. The quantitative estimate of drug-likeness (QED) is 0.577. The van der Waals surface area contributed by atoms with E-state index in [0.717, 1.165) is 21.2 Å². The number of aromatic amines is 1. The predicted octanol–water partition coefficient (Wildman–Crippen LogP) is 1.24. The van der Waals surface area contributed by atoms with Crippen LogP contribution in [0.2, 0.25) is 0 Å². The van der Waals surface area contributed by atoms with Gasteiger partial charge < -0.3 is 15.2 Å². The molecule has 0 unspecified atom stereocenters. The minimum Gasteiger partial charge on any atom is -0.365 e. The van der Waals surface area contributed by atoms with Crippen LogP contribution in [-0.2, 0) is 0 Å². The number of benzene rings is 1. The molecule has 3 N–H and O–H groups in total. The van der Waals surface area contributed by atoms with E-state index in [1.165, 1.54) is 12.3 Å². The summed E-state index contributed by atoms with van der Waals surface area (Å²) in [4.78, 5) is 26.7. The highest BCUT2D eigenvalue weighted by Crippen LogP contribution is 2.25. The van der Waals surface area contributed by atoms with Gasteiger partial charge in [0.2, 0.25) is 0 Å². The lowest BCUT2D eigenvalue weighted by molar-refractivity contribution is 0.100. The predicted molar refractivity (Wildman–Crippen MR) is 82.1 cm³/mol. The minimum atomic E-state index is -0.655. The molecule has 4 rings (SSSR count). The Morgan fingerprint density at radius 1 is 1.35 bits per heavy atom. The fourth-order valence-electron chi connectivity index (χ4n) is 2.55. The lowest BCUT2D eigenvalue weighted by Crippen LogP contribution is -2.16. The topological polar surface area (TPSA) is 119 Å². The maximum Gasteiger partial charge on any atom is 0.274 e. The maximum atomic E-state index is 12.2. The zero-order valence-corrected chi connectivity index (χ0v) is 12.0. The molecule has 8 nitrogen and oxygen atoms in total. The zero-order chi connectivity index (χ0) is 16.1. The van der Waals surface area contributed by atoms with Crippen molar-refractivity contribution in [2.24, 2.45) is 5.73 Å². The Kier molecular flexibility index (Phi) is 2.61. The number of nitrogens with two attached hydrogens (primary N) is 1. The lowest BCUT2D eigenvalue weighted by atomic mass is 10.1. The number of nitrogens with zero attached hydrogens (tertiary/aromatic N) is 3. The van der Waals surface area contributed by atoms with E-state index >= 15 is 0 Å². The van der Waals surface area contributed by atoms with Crippen LogP contribution in [0.25, 0.3) is 27.9 Å². The van der Waals surface area contributed by atoms with Gasteiger partial charge in [0.25, 0.3) is 11.5 Å². The molecule has 1 aromatic carbocycles. The fourth-order valence-corrected chi connectivity index (χ4v) is 2.55. The first-order valence-corrected chi connectivity index (χ1v) is 6.82. The number of hydrogen-bond donors (Lipinski definition) is 2. The highest BCUT2D eigenvalue weighted by molar-refractivity contribution is 5.98. The molecule has 0 aliphatic rings. The Morgan fingerprint density at radius 2 is 2.17 bits per heavy atom. The van der Waals surface area contributed by atoms with Crippen LogP contribution < -0.4 is 11.3 Å². The molecule has 0 aliphatic carbocycles. The van der Waals surface area contributed by atoms with Crippen molar-refractivity contribution in [2.45, 2.75) is 6.92 Å². The van der Waals surface area contributed by atoms with E-state index in [1.807, 2.05) is 13.0 Å². The van der Waals surface area contributed by atoms with Crippen LogP contribution in [0.5, 0.6) is 0 Å². The molecule has 3 heterocycles. The minimum absolute atomic E-state index is 0.159. The van der Waals surface area contributed by atoms with Crippen molar-refractivity contribution in [3.8, 4) is 11.3 Å². The molecule has 4 aromatic rings. The third kappa shape index (κ3) is 1.92. The second-order valence-corrected chi connectivity index (χ2v) is 5.18. The first kappa shape index (κ1) is 13.3. The Bertz CT molecular complexity index is 1140. The van der Waals surface area contributed by atoms with Crippen molar-refractivity contribution >= 4 is 22.5 Å². The molecule has 8 heteroatoms. The third-order valence-corrected chi connectivity index (χ3v) is 3.73. The zero-order valence-electron chi connectivity index (χ0n) is 12.0. The number of aryl methyl sites for hydroxylation is 1. The van der Waals surface area contributed by atoms with E-state index in [9.17, 15) is 9.59 Å². The van der Waals surface area contributed by atoms with Crippen LogP contribution in [0.15, 0.2) is 39.8 Å². The van der Waals surface area contributed by atoms with Crippen LogP contribution in [0.1, 0.15) is 16.1 Å². The summed E-state index contributed by atoms with van der Waals surface area (Å²) in [6, 6.07) is 6.85. The lowest BCUT2D eigenvalue weighted by Gasteiger charge is -2.04. The average molecular weight is 309 g/mol. The summed E-state index contributed by atoms with van der Waals surface area (Å²) < 4.78 is 6.28. The summed E-state index contributed by atoms with van der Waals surface area (Å²) in [5.41, 5.74) is 8.11. The van der Waals surface area contributed by atoms with Crippen LogP contribution in [0.3, 0.4) is 0 Å². The van der Waals surface area contributed by atoms with Crippen LogP contribution >= 0.6 is 0 Å². The van der Waals surface area contributed by atoms with E-state index in [4.69, 9.17) is 10.3 Å². The fraction of sp³-hybridized carbons (Fsp3) is 0.0667. The molecule has 0 atom stereocenters. The summed E-state index contributed by atoms with van der Waals surface area (Å²) in [6.07, 6.45) is 1.27. The molecule has 0 saturated carbocycles. The van der Waals surface area contributed by atoms with Gasteiger partial charge in [-0.05, 0) is 30.7 Å². The normalized spacial score (nSPS) is 11.3. The number of aromatic nitrogens is 4. The van der Waals surface area contributed by atoms with E-state index in [2.05, 4.69) is 15.2 Å². The van der Waals surface area contributed by atoms with Gasteiger partial charge in [-0.2, -0.15) is 9.61 Å². The summed E-state index contributed by atoms with van der Waals surface area (Å²) in [7, 11) is 0. The molecule has 0 radical (unpaired) electrons. The van der Waals surface area contributed by atoms with Gasteiger partial charge in [-0.1, -0.05) is 5.16 Å². The van der Waals surface area contributed by atoms with Crippen molar-refractivity contribution in [3.05, 3.63) is 52.1 Å². The van der Waals surface area contributed by atoms with E-state index in [0.29, 0.717) is 11.3 Å². The number of carbonyl (C=O) groups excluding carboxylic acids is 1. The first-order valence-electron chi connectivity index (χ1n) is 6.82. The van der Waals surface area contributed by atoms with E-state index in [1.54, 1.807) is 12.1 Å². The van der Waals surface area contributed by atoms with Crippen molar-refractivity contribution in [2.75, 3.05) is 0 Å². The first-order chi connectivity index (χ1) is 11.0. The number of nitrogens with one attached hydrogen (secondary N) is 1. The molecule has 114 valence electrons. The standard InChI is InChI=1S/C15H11N5O3/c1-7-9-4-8(2-3-12(9)23-19-7)11-5-13(21)20-15(18-11)10(6-17-20)14(16)22/h2-6,18H,1H3,(H2,16,22). The third-order valence-electron chi connectivity index (χ3n) is 3.73. The maximum absolute atomic E-state index is 12.2. The van der Waals surface area contributed by atoms with Crippen molar-refractivity contribution in [1.82, 2.24) is 19.8 Å². The van der Waals surface area contributed by atoms with Crippen molar-refractivity contribution in [3.63, 3.8) is 0 Å². The van der Waals surface area contributed by atoms with E-state index in [-0.39, 0.29) is 16.8 Å². The number of rotatable bonds is 2. The number of H-pyrrole nitrogens is 1. The van der Waals surface area contributed by atoms with Crippen LogP contribution in [0, 0.1) is 6.92 Å². The molecule has 1 amide bonds. The van der Waals surface area contributed by atoms with E-state index < -0.39 is 5.91 Å². The van der Waals surface area contributed by atoms with Gasteiger partial charge in [0.15, 0.2) is 11.2 Å². The molecule has 3 aromatic heterocycles. The van der Waals surface area contributed by atoms with Crippen LogP contribution in [0.4, 0.5) is 0 Å². The Hall–Kier alpha value is -3.42. The van der Waals surface area contributed by atoms with Gasteiger partial charge in [-0.3, -0.25) is 9.59 Å². The Morgan fingerprint density at radius 3 is 2.96 bits per heavy atom. The smallest absolute Gasteiger partial charge is 0.274 e. The van der Waals surface area contributed by atoms with Crippen molar-refractivity contribution in [1.29, 1.82) is 0 Å². The van der Waals surface area contributed by atoms with Gasteiger partial charge in [-0.15, -0.1) is 0 Å². The Labute approximate surface area is 128 Å². The van der Waals surface area contributed by atoms with Gasteiger partial charge in [-0.25, -0.2) is 0 Å². The summed E-state index contributed by atoms with van der Waals surface area (Å²) in [5.74, 6) is -0.655. The van der Waals surface area contributed by atoms with Gasteiger partial charge in [0.05, 0.1) is 17.6 Å². The molecule has 0 saturated heterocycles. The highest BCUT2D eigenvalue weighted by atomic mass is 16.5. The molecule has 0 bridgehead atoms. The summed E-state index contributed by atoms with van der Waals surface area (Å²) >= 11 is 0. The Balaban J connectivity index is 1.99. The second kappa shape index (κ2) is 4.54. The summed E-state index contributed by atoms with van der Waals surface area (Å²) in [5, 5.41) is 8.64.